The molecular weight excluding hydrogens is 460 g/mol. The highest BCUT2D eigenvalue weighted by atomic mass is 79.9. The van der Waals surface area contributed by atoms with Gasteiger partial charge in [-0.2, -0.15) is 0 Å². The molecule has 0 radical (unpaired) electrons. The second-order valence-electron chi connectivity index (χ2n) is 6.79. The monoisotopic (exact) mass is 480 g/mol. The number of rotatable bonds is 7. The van der Waals surface area contributed by atoms with Crippen molar-refractivity contribution in [3.63, 3.8) is 0 Å². The standard InChI is InChI=1S/C24H21BrN2O4/c1-16(28)31-21-7-4-6-18(15-21)24(30)27-20-12-10-19(11-13-20)26-23(29)14-9-17-5-2-3-8-22(17)25/h2-8,10-13,15H,9,14H2,1H3,(H,26,29)(H,27,30). The van der Waals surface area contributed by atoms with Gasteiger partial charge >= 0.3 is 5.97 Å². The van der Waals surface area contributed by atoms with Crippen LogP contribution in [0.2, 0.25) is 0 Å². The zero-order valence-electron chi connectivity index (χ0n) is 16.9. The lowest BCUT2D eigenvalue weighted by molar-refractivity contribution is -0.131. The summed E-state index contributed by atoms with van der Waals surface area (Å²) in [4.78, 5) is 35.7. The van der Waals surface area contributed by atoms with Gasteiger partial charge in [0, 0.05) is 34.8 Å². The topological polar surface area (TPSA) is 84.5 Å². The minimum atomic E-state index is -0.452. The molecule has 0 aromatic heterocycles. The van der Waals surface area contributed by atoms with Gasteiger partial charge in [-0.15, -0.1) is 0 Å². The molecule has 0 bridgehead atoms. The van der Waals surface area contributed by atoms with Crippen LogP contribution in [-0.2, 0) is 16.0 Å². The summed E-state index contributed by atoms with van der Waals surface area (Å²) in [5.74, 6) is -0.568. The molecule has 31 heavy (non-hydrogen) atoms. The molecule has 0 spiro atoms. The lowest BCUT2D eigenvalue weighted by Gasteiger charge is -2.09. The molecule has 0 atom stereocenters. The van der Waals surface area contributed by atoms with Crippen LogP contribution in [0, 0.1) is 0 Å². The summed E-state index contributed by atoms with van der Waals surface area (Å²) < 4.78 is 5.99. The van der Waals surface area contributed by atoms with Crippen LogP contribution in [0.3, 0.4) is 0 Å². The van der Waals surface area contributed by atoms with E-state index in [1.807, 2.05) is 24.3 Å². The molecule has 2 amide bonds. The first-order chi connectivity index (χ1) is 14.9. The number of hydrogen-bond donors (Lipinski definition) is 2. The van der Waals surface area contributed by atoms with Crippen molar-refractivity contribution in [1.29, 1.82) is 0 Å². The fourth-order valence-corrected chi connectivity index (χ4v) is 3.36. The summed E-state index contributed by atoms with van der Waals surface area (Å²) in [5, 5.41) is 5.63. The van der Waals surface area contributed by atoms with Gasteiger partial charge in [-0.3, -0.25) is 14.4 Å². The van der Waals surface area contributed by atoms with E-state index < -0.39 is 5.97 Å². The molecule has 3 aromatic rings. The number of ether oxygens (including phenoxy) is 1. The number of aryl methyl sites for hydroxylation is 1. The van der Waals surface area contributed by atoms with E-state index in [1.54, 1.807) is 42.5 Å². The van der Waals surface area contributed by atoms with Crippen LogP contribution in [0.25, 0.3) is 0 Å². The van der Waals surface area contributed by atoms with E-state index in [4.69, 9.17) is 4.74 Å². The minimum absolute atomic E-state index is 0.0881. The molecule has 3 rings (SSSR count). The van der Waals surface area contributed by atoms with Crippen LogP contribution in [0.15, 0.2) is 77.3 Å². The van der Waals surface area contributed by atoms with Crippen LogP contribution < -0.4 is 15.4 Å². The van der Waals surface area contributed by atoms with Crippen molar-refractivity contribution in [1.82, 2.24) is 0 Å². The number of carbonyl (C=O) groups is 3. The van der Waals surface area contributed by atoms with Gasteiger partial charge in [0.05, 0.1) is 0 Å². The van der Waals surface area contributed by atoms with Gasteiger partial charge in [0.2, 0.25) is 5.91 Å². The van der Waals surface area contributed by atoms with Crippen LogP contribution in [0.4, 0.5) is 11.4 Å². The molecule has 3 aromatic carbocycles. The molecule has 0 saturated carbocycles. The van der Waals surface area contributed by atoms with Crippen molar-refractivity contribution >= 4 is 45.1 Å². The quantitative estimate of drug-likeness (QED) is 0.359. The molecule has 0 heterocycles. The van der Waals surface area contributed by atoms with E-state index in [9.17, 15) is 14.4 Å². The summed E-state index contributed by atoms with van der Waals surface area (Å²) in [5.41, 5.74) is 2.66. The number of benzene rings is 3. The minimum Gasteiger partial charge on any atom is -0.427 e. The van der Waals surface area contributed by atoms with E-state index >= 15 is 0 Å². The van der Waals surface area contributed by atoms with Gasteiger partial charge in [-0.1, -0.05) is 40.2 Å². The van der Waals surface area contributed by atoms with Crippen molar-refractivity contribution in [3.05, 3.63) is 88.4 Å². The van der Waals surface area contributed by atoms with E-state index in [2.05, 4.69) is 26.6 Å². The highest BCUT2D eigenvalue weighted by molar-refractivity contribution is 9.10. The fraction of sp³-hybridized carbons (Fsp3) is 0.125. The SMILES string of the molecule is CC(=O)Oc1cccc(C(=O)Nc2ccc(NC(=O)CCc3ccccc3Br)cc2)c1. The van der Waals surface area contributed by atoms with Crippen LogP contribution in [0.1, 0.15) is 29.3 Å². The summed E-state index contributed by atoms with van der Waals surface area (Å²) >= 11 is 3.48. The fourth-order valence-electron chi connectivity index (χ4n) is 2.88. The zero-order valence-corrected chi connectivity index (χ0v) is 18.4. The average Bonchev–Trinajstić information content (AvgIpc) is 2.74. The predicted molar refractivity (Wildman–Crippen MR) is 123 cm³/mol. The van der Waals surface area contributed by atoms with Gasteiger partial charge < -0.3 is 15.4 Å². The van der Waals surface area contributed by atoms with E-state index in [0.717, 1.165) is 10.0 Å². The molecule has 0 aliphatic rings. The summed E-state index contributed by atoms with van der Waals surface area (Å²) in [6.07, 6.45) is 0.994. The molecule has 0 fully saturated rings. The van der Waals surface area contributed by atoms with Gasteiger partial charge in [0.25, 0.3) is 5.91 Å². The predicted octanol–water partition coefficient (Wildman–Crippen LogP) is 5.20. The average molecular weight is 481 g/mol. The van der Waals surface area contributed by atoms with Crippen molar-refractivity contribution in [2.24, 2.45) is 0 Å². The molecule has 6 nitrogen and oxygen atoms in total. The number of hydrogen-bond acceptors (Lipinski definition) is 4. The molecule has 158 valence electrons. The van der Waals surface area contributed by atoms with Crippen molar-refractivity contribution in [3.8, 4) is 5.75 Å². The van der Waals surface area contributed by atoms with E-state index in [0.29, 0.717) is 35.5 Å². The van der Waals surface area contributed by atoms with Gasteiger partial charge in [0.15, 0.2) is 0 Å². The Morgan fingerprint density at radius 2 is 1.55 bits per heavy atom. The Balaban J connectivity index is 1.54. The highest BCUT2D eigenvalue weighted by Gasteiger charge is 2.09. The van der Waals surface area contributed by atoms with Crippen LogP contribution >= 0.6 is 15.9 Å². The number of carbonyl (C=O) groups excluding carboxylic acids is 3. The maximum atomic E-state index is 12.4. The lowest BCUT2D eigenvalue weighted by Crippen LogP contribution is -2.14. The zero-order chi connectivity index (χ0) is 22.2. The highest BCUT2D eigenvalue weighted by Crippen LogP contribution is 2.19. The Morgan fingerprint density at radius 3 is 2.23 bits per heavy atom. The second-order valence-corrected chi connectivity index (χ2v) is 7.65. The molecule has 2 N–H and O–H groups in total. The van der Waals surface area contributed by atoms with E-state index in [-0.39, 0.29) is 11.8 Å². The summed E-state index contributed by atoms with van der Waals surface area (Å²) in [6.45, 7) is 1.30. The maximum Gasteiger partial charge on any atom is 0.308 e. The van der Waals surface area contributed by atoms with Gasteiger partial charge in [-0.05, 0) is 60.5 Å². The van der Waals surface area contributed by atoms with Crippen molar-refractivity contribution in [2.45, 2.75) is 19.8 Å². The Bertz CT molecular complexity index is 1100. The largest absolute Gasteiger partial charge is 0.427 e. The number of halogens is 1. The third-order valence-electron chi connectivity index (χ3n) is 4.36. The van der Waals surface area contributed by atoms with Crippen molar-refractivity contribution < 1.29 is 19.1 Å². The summed E-state index contributed by atoms with van der Waals surface area (Å²) in [6, 6.07) is 21.0. The number of esters is 1. The first kappa shape index (κ1) is 22.2. The third kappa shape index (κ3) is 6.79. The molecule has 0 aliphatic heterocycles. The Morgan fingerprint density at radius 1 is 0.871 bits per heavy atom. The molecule has 0 unspecified atom stereocenters. The molecule has 0 saturated heterocycles. The molecule has 7 heteroatoms. The lowest BCUT2D eigenvalue weighted by atomic mass is 10.1. The van der Waals surface area contributed by atoms with Crippen molar-refractivity contribution in [2.75, 3.05) is 10.6 Å². The number of amides is 2. The Hall–Kier alpha value is -3.45. The second kappa shape index (κ2) is 10.5. The Labute approximate surface area is 188 Å². The number of nitrogens with one attached hydrogen (secondary N) is 2. The molecular formula is C24H21BrN2O4. The van der Waals surface area contributed by atoms with E-state index in [1.165, 1.54) is 13.0 Å². The first-order valence-electron chi connectivity index (χ1n) is 9.64. The normalized spacial score (nSPS) is 10.3. The summed E-state index contributed by atoms with van der Waals surface area (Å²) in [7, 11) is 0. The first-order valence-corrected chi connectivity index (χ1v) is 10.4. The Kier molecular flexibility index (Phi) is 7.56. The smallest absolute Gasteiger partial charge is 0.308 e. The maximum absolute atomic E-state index is 12.4. The van der Waals surface area contributed by atoms with Gasteiger partial charge in [-0.25, -0.2) is 0 Å². The van der Waals surface area contributed by atoms with Crippen LogP contribution in [-0.4, -0.2) is 17.8 Å². The molecule has 0 aliphatic carbocycles. The third-order valence-corrected chi connectivity index (χ3v) is 5.14. The van der Waals surface area contributed by atoms with Gasteiger partial charge in [0.1, 0.15) is 5.75 Å². The number of anilines is 2. The van der Waals surface area contributed by atoms with Crippen LogP contribution in [0.5, 0.6) is 5.75 Å².